The molecule has 1 aliphatic rings. The van der Waals surface area contributed by atoms with Crippen molar-refractivity contribution in [2.45, 2.75) is 6.54 Å². The van der Waals surface area contributed by atoms with Gasteiger partial charge in [-0.05, 0) is 18.2 Å². The van der Waals surface area contributed by atoms with Crippen LogP contribution in [0.1, 0.15) is 10.4 Å². The summed E-state index contributed by atoms with van der Waals surface area (Å²) in [6.45, 7) is 1.10. The first-order valence-corrected chi connectivity index (χ1v) is 8.11. The number of nitrogens with one attached hydrogen (secondary N) is 1. The lowest BCUT2D eigenvalue weighted by atomic mass is 10.1. The fraction of sp³-hybridized carbons (Fsp3) is 0.105. The molecule has 0 saturated carbocycles. The summed E-state index contributed by atoms with van der Waals surface area (Å²) in [5, 5.41) is 0.758. The lowest BCUT2D eigenvalue weighted by Gasteiger charge is -2.12. The van der Waals surface area contributed by atoms with Gasteiger partial charge in [0.25, 0.3) is 5.78 Å². The van der Waals surface area contributed by atoms with Gasteiger partial charge < -0.3 is 9.55 Å². The van der Waals surface area contributed by atoms with E-state index >= 15 is 0 Å². The van der Waals surface area contributed by atoms with E-state index in [1.165, 1.54) is 4.90 Å². The first-order valence-electron chi connectivity index (χ1n) is 8.11. The molecule has 2 aromatic carbocycles. The number of imidazole rings is 1. The van der Waals surface area contributed by atoms with E-state index in [4.69, 9.17) is 0 Å². The van der Waals surface area contributed by atoms with E-state index in [1.807, 2.05) is 53.1 Å². The van der Waals surface area contributed by atoms with Crippen molar-refractivity contribution in [2.75, 3.05) is 11.4 Å². The van der Waals surface area contributed by atoms with Crippen LogP contribution in [0.25, 0.3) is 21.9 Å². The van der Waals surface area contributed by atoms with Crippen molar-refractivity contribution in [2.24, 2.45) is 0 Å². The number of aromatic nitrogens is 3. The molecule has 0 bridgehead atoms. The number of hydrogen-bond donors (Lipinski definition) is 1. The minimum Gasteiger partial charge on any atom is -0.360 e. The number of hydrogen-bond acceptors (Lipinski definition) is 3. The average Bonchev–Trinajstić information content (AvgIpc) is 3.33. The second-order valence-corrected chi connectivity index (χ2v) is 6.09. The van der Waals surface area contributed by atoms with Gasteiger partial charge in [0.05, 0.1) is 16.6 Å². The molecule has 122 valence electrons. The summed E-state index contributed by atoms with van der Waals surface area (Å²) >= 11 is 0. The van der Waals surface area contributed by atoms with Crippen molar-refractivity contribution >= 4 is 39.6 Å². The van der Waals surface area contributed by atoms with E-state index < -0.39 is 11.7 Å². The van der Waals surface area contributed by atoms with Crippen molar-refractivity contribution in [3.8, 4) is 0 Å². The van der Waals surface area contributed by atoms with Gasteiger partial charge in [-0.1, -0.05) is 30.3 Å². The maximum atomic E-state index is 12.8. The number of benzene rings is 2. The van der Waals surface area contributed by atoms with Gasteiger partial charge in [0.15, 0.2) is 0 Å². The smallest absolute Gasteiger partial charge is 0.301 e. The SMILES string of the molecule is O=C(C(=O)N1CCn2c1nc1ccccc12)c1c[nH]c2ccccc12. The Bertz CT molecular complexity index is 1150. The number of fused-ring (bicyclic) bond motifs is 4. The summed E-state index contributed by atoms with van der Waals surface area (Å²) in [7, 11) is 0. The third-order valence-electron chi connectivity index (χ3n) is 4.70. The van der Waals surface area contributed by atoms with Gasteiger partial charge in [0.2, 0.25) is 5.95 Å². The molecule has 6 heteroatoms. The van der Waals surface area contributed by atoms with E-state index in [9.17, 15) is 9.59 Å². The molecule has 2 aromatic heterocycles. The monoisotopic (exact) mass is 330 g/mol. The molecular formula is C19H14N4O2. The summed E-state index contributed by atoms with van der Waals surface area (Å²) in [6.07, 6.45) is 1.60. The minimum atomic E-state index is -0.543. The molecule has 0 spiro atoms. The zero-order valence-corrected chi connectivity index (χ0v) is 13.3. The summed E-state index contributed by atoms with van der Waals surface area (Å²) in [5.74, 6) is -0.517. The average molecular weight is 330 g/mol. The molecule has 5 rings (SSSR count). The number of rotatable bonds is 2. The van der Waals surface area contributed by atoms with Crippen LogP contribution in [0.4, 0.5) is 5.95 Å². The molecule has 25 heavy (non-hydrogen) atoms. The van der Waals surface area contributed by atoms with Crippen molar-refractivity contribution < 1.29 is 9.59 Å². The number of H-pyrrole nitrogens is 1. The molecule has 6 nitrogen and oxygen atoms in total. The van der Waals surface area contributed by atoms with Crippen LogP contribution in [0, 0.1) is 0 Å². The Balaban J connectivity index is 1.55. The van der Waals surface area contributed by atoms with Gasteiger partial charge in [0, 0.05) is 30.2 Å². The minimum absolute atomic E-state index is 0.398. The van der Waals surface area contributed by atoms with E-state index in [0.717, 1.165) is 21.9 Å². The van der Waals surface area contributed by atoms with Crippen LogP contribution in [0.5, 0.6) is 0 Å². The molecule has 1 N–H and O–H groups in total. The number of amides is 1. The second-order valence-electron chi connectivity index (χ2n) is 6.09. The van der Waals surface area contributed by atoms with Crippen molar-refractivity contribution in [1.82, 2.24) is 14.5 Å². The molecule has 0 aliphatic carbocycles. The molecule has 0 fully saturated rings. The summed E-state index contributed by atoms with van der Waals surface area (Å²) in [6, 6.07) is 15.2. The highest BCUT2D eigenvalue weighted by Crippen LogP contribution is 2.28. The Morgan fingerprint density at radius 2 is 1.80 bits per heavy atom. The molecular weight excluding hydrogens is 316 g/mol. The zero-order valence-electron chi connectivity index (χ0n) is 13.3. The number of nitrogens with zero attached hydrogens (tertiary/aromatic N) is 3. The van der Waals surface area contributed by atoms with Crippen LogP contribution < -0.4 is 4.90 Å². The van der Waals surface area contributed by atoms with Crippen molar-refractivity contribution in [3.05, 3.63) is 60.3 Å². The molecule has 0 radical (unpaired) electrons. The lowest BCUT2D eigenvalue weighted by molar-refractivity contribution is -0.114. The molecule has 4 aromatic rings. The third-order valence-corrected chi connectivity index (χ3v) is 4.70. The van der Waals surface area contributed by atoms with Crippen LogP contribution in [0.2, 0.25) is 0 Å². The normalized spacial score (nSPS) is 13.5. The van der Waals surface area contributed by atoms with Gasteiger partial charge in [-0.15, -0.1) is 0 Å². The first-order chi connectivity index (χ1) is 12.2. The van der Waals surface area contributed by atoms with E-state index in [-0.39, 0.29) is 0 Å². The standard InChI is InChI=1S/C19H14N4O2/c24-17(13-11-20-14-6-2-1-5-12(13)14)18(25)23-10-9-22-16-8-4-3-7-15(16)21-19(22)23/h1-8,11,20H,9-10H2. The number of carbonyl (C=O) groups is 2. The number of aromatic amines is 1. The Morgan fingerprint density at radius 3 is 2.72 bits per heavy atom. The highest BCUT2D eigenvalue weighted by atomic mass is 16.2. The lowest BCUT2D eigenvalue weighted by Crippen LogP contribution is -2.35. The molecule has 3 heterocycles. The number of carbonyl (C=O) groups excluding carboxylic acids is 2. The van der Waals surface area contributed by atoms with Crippen LogP contribution in [0.15, 0.2) is 54.7 Å². The van der Waals surface area contributed by atoms with Gasteiger partial charge in [-0.2, -0.15) is 0 Å². The number of ketones is 1. The molecule has 1 aliphatic heterocycles. The zero-order chi connectivity index (χ0) is 17.0. The van der Waals surface area contributed by atoms with Gasteiger partial charge in [-0.25, -0.2) is 4.98 Å². The summed E-state index contributed by atoms with van der Waals surface area (Å²) in [5.41, 5.74) is 3.05. The fourth-order valence-electron chi connectivity index (χ4n) is 3.48. The molecule has 0 unspecified atom stereocenters. The summed E-state index contributed by atoms with van der Waals surface area (Å²) in [4.78, 5) is 34.7. The molecule has 0 saturated heterocycles. The predicted molar refractivity (Wildman–Crippen MR) is 94.7 cm³/mol. The van der Waals surface area contributed by atoms with Gasteiger partial charge >= 0.3 is 5.91 Å². The Labute approximate surface area is 142 Å². The predicted octanol–water partition coefficient (Wildman–Crippen LogP) is 2.75. The van der Waals surface area contributed by atoms with Gasteiger partial charge in [-0.3, -0.25) is 14.5 Å². The van der Waals surface area contributed by atoms with Gasteiger partial charge in [0.1, 0.15) is 0 Å². The highest BCUT2D eigenvalue weighted by Gasteiger charge is 2.33. The topological polar surface area (TPSA) is 71.0 Å². The number of anilines is 1. The number of para-hydroxylation sites is 3. The van der Waals surface area contributed by atoms with E-state index in [1.54, 1.807) is 6.20 Å². The Hall–Kier alpha value is -3.41. The highest BCUT2D eigenvalue weighted by molar-refractivity contribution is 6.48. The second kappa shape index (κ2) is 5.04. The van der Waals surface area contributed by atoms with E-state index in [2.05, 4.69) is 9.97 Å². The van der Waals surface area contributed by atoms with Crippen LogP contribution in [-0.2, 0) is 11.3 Å². The first kappa shape index (κ1) is 14.0. The third kappa shape index (κ3) is 1.94. The fourth-order valence-corrected chi connectivity index (χ4v) is 3.48. The van der Waals surface area contributed by atoms with E-state index in [0.29, 0.717) is 24.6 Å². The van der Waals surface area contributed by atoms with Crippen LogP contribution in [-0.4, -0.2) is 32.8 Å². The molecule has 1 amide bonds. The maximum absolute atomic E-state index is 12.8. The quantitative estimate of drug-likeness (QED) is 0.454. The Kier molecular flexibility index (Phi) is 2.82. The maximum Gasteiger partial charge on any atom is 0.301 e. The molecule has 0 atom stereocenters. The summed E-state index contributed by atoms with van der Waals surface area (Å²) < 4.78 is 1.98. The van der Waals surface area contributed by atoms with Crippen molar-refractivity contribution in [1.29, 1.82) is 0 Å². The van der Waals surface area contributed by atoms with Crippen molar-refractivity contribution in [3.63, 3.8) is 0 Å². The van der Waals surface area contributed by atoms with Crippen LogP contribution in [0.3, 0.4) is 0 Å². The number of Topliss-reactive ketones (excluding diaryl/α,β-unsaturated/α-hetero) is 1. The largest absolute Gasteiger partial charge is 0.360 e. The Morgan fingerprint density at radius 1 is 1.00 bits per heavy atom. The van der Waals surface area contributed by atoms with Crippen LogP contribution >= 0.6 is 0 Å².